The third-order valence-electron chi connectivity index (χ3n) is 6.53. The second kappa shape index (κ2) is 6.30. The summed E-state index contributed by atoms with van der Waals surface area (Å²) >= 11 is 0. The average molecular weight is 398 g/mol. The predicted molar refractivity (Wildman–Crippen MR) is 106 cm³/mol. The minimum absolute atomic E-state index is 0.0273. The van der Waals surface area contributed by atoms with Crippen LogP contribution in [0, 0.1) is 0 Å². The van der Waals surface area contributed by atoms with E-state index in [1.807, 2.05) is 12.1 Å². The van der Waals surface area contributed by atoms with Crippen LogP contribution in [0.2, 0.25) is 0 Å². The lowest BCUT2D eigenvalue weighted by Crippen LogP contribution is -2.52. The van der Waals surface area contributed by atoms with Crippen LogP contribution in [0.15, 0.2) is 23.0 Å². The van der Waals surface area contributed by atoms with Gasteiger partial charge in [-0.05, 0) is 46.9 Å². The van der Waals surface area contributed by atoms with Crippen LogP contribution in [0.5, 0.6) is 0 Å². The number of carboxylic acid groups (broad SMARTS) is 1. The highest BCUT2D eigenvalue weighted by Crippen LogP contribution is 2.46. The first-order valence-electron chi connectivity index (χ1n) is 9.84. The molecule has 0 radical (unpaired) electrons. The number of hydrogen-bond donors (Lipinski definition) is 2. The normalized spacial score (nSPS) is 21.9. The number of amides is 1. The smallest absolute Gasteiger partial charge is 0.343 e. The molecular formula is C21H26N4O4. The highest BCUT2D eigenvalue weighted by molar-refractivity contribution is 5.97. The van der Waals surface area contributed by atoms with E-state index in [-0.39, 0.29) is 29.8 Å². The van der Waals surface area contributed by atoms with Crippen molar-refractivity contribution in [1.82, 2.24) is 19.7 Å². The molecule has 4 rings (SSSR count). The summed E-state index contributed by atoms with van der Waals surface area (Å²) in [5.74, 6) is -1.14. The number of benzene rings is 1. The third kappa shape index (κ3) is 3.07. The Kier molecular flexibility index (Phi) is 4.22. The van der Waals surface area contributed by atoms with Gasteiger partial charge in [-0.2, -0.15) is 5.10 Å². The fourth-order valence-corrected chi connectivity index (χ4v) is 4.51. The van der Waals surface area contributed by atoms with Crippen molar-refractivity contribution >= 4 is 11.9 Å². The van der Waals surface area contributed by atoms with Crippen molar-refractivity contribution in [2.24, 2.45) is 0 Å². The molecule has 2 heterocycles. The maximum absolute atomic E-state index is 13.3. The van der Waals surface area contributed by atoms with E-state index >= 15 is 0 Å². The summed E-state index contributed by atoms with van der Waals surface area (Å²) in [5, 5.41) is 15.9. The maximum Gasteiger partial charge on any atom is 0.343 e. The number of aromatic nitrogens is 3. The molecule has 29 heavy (non-hydrogen) atoms. The van der Waals surface area contributed by atoms with E-state index in [1.165, 1.54) is 15.0 Å². The largest absolute Gasteiger partial charge is 0.480 e. The zero-order chi connectivity index (χ0) is 21.1. The van der Waals surface area contributed by atoms with Gasteiger partial charge in [-0.15, -0.1) is 0 Å². The van der Waals surface area contributed by atoms with Crippen LogP contribution in [-0.2, 0) is 28.7 Å². The van der Waals surface area contributed by atoms with Gasteiger partial charge in [0.1, 0.15) is 6.04 Å². The van der Waals surface area contributed by atoms with Gasteiger partial charge in [0, 0.05) is 5.56 Å². The standard InChI is InChI=1S/C21H26N4O4/c1-20(2)7-8-21(3,4)14-9-12(5-6-13(14)20)17(26)24-11-16-22-23-19(29)25(16)10-15(24)18(27)28/h5-6,9,15H,7-8,10-11H2,1-4H3,(H,23,29)(H,27,28). The minimum atomic E-state index is -1.14. The molecule has 1 aromatic heterocycles. The first-order valence-corrected chi connectivity index (χ1v) is 9.84. The lowest BCUT2D eigenvalue weighted by Gasteiger charge is -2.42. The van der Waals surface area contributed by atoms with Crippen LogP contribution in [0.1, 0.15) is 67.8 Å². The van der Waals surface area contributed by atoms with Crippen LogP contribution in [0.4, 0.5) is 0 Å². The van der Waals surface area contributed by atoms with Gasteiger partial charge in [0.05, 0.1) is 13.1 Å². The number of carboxylic acids is 1. The van der Waals surface area contributed by atoms with Crippen molar-refractivity contribution in [3.63, 3.8) is 0 Å². The van der Waals surface area contributed by atoms with Crippen molar-refractivity contribution in [3.05, 3.63) is 51.2 Å². The second-order valence-electron chi connectivity index (χ2n) is 9.37. The molecule has 0 bridgehead atoms. The maximum atomic E-state index is 13.3. The Hall–Kier alpha value is -2.90. The topological polar surface area (TPSA) is 108 Å². The number of rotatable bonds is 2. The Labute approximate surface area is 168 Å². The van der Waals surface area contributed by atoms with Crippen molar-refractivity contribution in [2.75, 3.05) is 0 Å². The molecule has 1 aliphatic heterocycles. The zero-order valence-corrected chi connectivity index (χ0v) is 17.2. The number of fused-ring (bicyclic) bond motifs is 2. The molecule has 0 saturated heterocycles. The molecule has 1 atom stereocenters. The fourth-order valence-electron chi connectivity index (χ4n) is 4.51. The van der Waals surface area contributed by atoms with Gasteiger partial charge in [-0.25, -0.2) is 14.7 Å². The van der Waals surface area contributed by atoms with Crippen LogP contribution in [0.25, 0.3) is 0 Å². The average Bonchev–Trinajstić information content (AvgIpc) is 3.04. The second-order valence-corrected chi connectivity index (χ2v) is 9.37. The molecule has 1 aliphatic carbocycles. The first kappa shape index (κ1) is 19.4. The summed E-state index contributed by atoms with van der Waals surface area (Å²) in [5.41, 5.74) is 2.35. The Morgan fingerprint density at radius 1 is 1.14 bits per heavy atom. The van der Waals surface area contributed by atoms with E-state index in [4.69, 9.17) is 0 Å². The van der Waals surface area contributed by atoms with Crippen molar-refractivity contribution in [2.45, 2.75) is 70.5 Å². The molecule has 1 unspecified atom stereocenters. The lowest BCUT2D eigenvalue weighted by atomic mass is 9.63. The number of carbonyl (C=O) groups is 2. The minimum Gasteiger partial charge on any atom is -0.480 e. The van der Waals surface area contributed by atoms with E-state index in [2.05, 4.69) is 37.9 Å². The van der Waals surface area contributed by atoms with Gasteiger partial charge in [0.2, 0.25) is 0 Å². The summed E-state index contributed by atoms with van der Waals surface area (Å²) < 4.78 is 1.28. The van der Waals surface area contributed by atoms with Crippen LogP contribution < -0.4 is 5.69 Å². The number of aromatic amines is 1. The number of nitrogens with zero attached hydrogens (tertiary/aromatic N) is 3. The third-order valence-corrected chi connectivity index (χ3v) is 6.53. The molecule has 1 amide bonds. The monoisotopic (exact) mass is 398 g/mol. The molecule has 8 heteroatoms. The number of aliphatic carboxylic acids is 1. The van der Waals surface area contributed by atoms with Gasteiger partial charge in [0.15, 0.2) is 5.82 Å². The summed E-state index contributed by atoms with van der Waals surface area (Å²) in [6, 6.07) is 4.60. The molecule has 0 spiro atoms. The Morgan fingerprint density at radius 3 is 2.45 bits per heavy atom. The Morgan fingerprint density at radius 2 is 1.79 bits per heavy atom. The summed E-state index contributed by atoms with van der Waals surface area (Å²) in [6.07, 6.45) is 2.09. The molecule has 154 valence electrons. The SMILES string of the molecule is CC1(C)CCC(C)(C)c2cc(C(=O)N3Cc4n[nH]c(=O)n4CC3C(=O)O)ccc21. The Balaban J connectivity index is 1.74. The molecule has 2 aliphatic rings. The van der Waals surface area contributed by atoms with E-state index in [1.54, 1.807) is 6.07 Å². The molecule has 2 N–H and O–H groups in total. The molecule has 0 saturated carbocycles. The van der Waals surface area contributed by atoms with Gasteiger partial charge < -0.3 is 10.0 Å². The predicted octanol–water partition coefficient (Wildman–Crippen LogP) is 2.03. The van der Waals surface area contributed by atoms with Crippen LogP contribution in [-0.4, -0.2) is 42.7 Å². The Bertz CT molecular complexity index is 1060. The molecule has 8 nitrogen and oxygen atoms in total. The number of nitrogens with one attached hydrogen (secondary N) is 1. The van der Waals surface area contributed by atoms with E-state index in [9.17, 15) is 19.5 Å². The van der Waals surface area contributed by atoms with Gasteiger partial charge in [0.25, 0.3) is 5.91 Å². The first-order chi connectivity index (χ1) is 13.5. The summed E-state index contributed by atoms with van der Waals surface area (Å²) in [4.78, 5) is 38.3. The van der Waals surface area contributed by atoms with Gasteiger partial charge in [-0.3, -0.25) is 9.36 Å². The van der Waals surface area contributed by atoms with Gasteiger partial charge >= 0.3 is 11.7 Å². The summed E-state index contributed by atoms with van der Waals surface area (Å²) in [6.45, 7) is 8.64. The number of H-pyrrole nitrogens is 1. The highest BCUT2D eigenvalue weighted by Gasteiger charge is 2.40. The highest BCUT2D eigenvalue weighted by atomic mass is 16.4. The van der Waals surface area contributed by atoms with Crippen molar-refractivity contribution < 1.29 is 14.7 Å². The van der Waals surface area contributed by atoms with Crippen LogP contribution >= 0.6 is 0 Å². The number of carbonyl (C=O) groups excluding carboxylic acids is 1. The quantitative estimate of drug-likeness (QED) is 0.805. The van der Waals surface area contributed by atoms with Gasteiger partial charge in [-0.1, -0.05) is 33.8 Å². The van der Waals surface area contributed by atoms with Crippen molar-refractivity contribution in [3.8, 4) is 0 Å². The van der Waals surface area contributed by atoms with E-state index < -0.39 is 17.7 Å². The van der Waals surface area contributed by atoms with Crippen molar-refractivity contribution in [1.29, 1.82) is 0 Å². The molecule has 0 fully saturated rings. The van der Waals surface area contributed by atoms with Crippen LogP contribution in [0.3, 0.4) is 0 Å². The lowest BCUT2D eigenvalue weighted by molar-refractivity contribution is -0.143. The van der Waals surface area contributed by atoms with E-state index in [0.717, 1.165) is 18.4 Å². The zero-order valence-electron chi connectivity index (χ0n) is 17.2. The number of hydrogen-bond acceptors (Lipinski definition) is 4. The van der Waals surface area contributed by atoms with E-state index in [0.29, 0.717) is 11.4 Å². The molecule has 1 aromatic carbocycles. The molecular weight excluding hydrogens is 372 g/mol. The summed E-state index contributed by atoms with van der Waals surface area (Å²) in [7, 11) is 0. The molecule has 2 aromatic rings. The fraction of sp³-hybridized carbons (Fsp3) is 0.524.